The van der Waals surface area contributed by atoms with Crippen molar-refractivity contribution in [3.05, 3.63) is 29.8 Å². The standard InChI is InChI=1S/C11H12F3NO/c1-7(8(2)16)15-10-6-4-3-5-9(10)11(12,13)14/h3-7,15H,1-2H3. The van der Waals surface area contributed by atoms with Crippen LogP contribution in [0.25, 0.3) is 0 Å². The van der Waals surface area contributed by atoms with Gasteiger partial charge in [0.05, 0.1) is 11.6 Å². The normalized spacial score (nSPS) is 13.3. The minimum Gasteiger partial charge on any atom is -0.375 e. The highest BCUT2D eigenvalue weighted by atomic mass is 19.4. The molecule has 1 aromatic carbocycles. The first-order valence-corrected chi connectivity index (χ1v) is 4.75. The van der Waals surface area contributed by atoms with Crippen molar-refractivity contribution < 1.29 is 18.0 Å². The predicted molar refractivity (Wildman–Crippen MR) is 55.2 cm³/mol. The average molecular weight is 231 g/mol. The Hall–Kier alpha value is -1.52. The molecule has 0 aromatic heterocycles. The quantitative estimate of drug-likeness (QED) is 0.866. The van der Waals surface area contributed by atoms with E-state index in [9.17, 15) is 18.0 Å². The van der Waals surface area contributed by atoms with E-state index in [0.29, 0.717) is 0 Å². The first kappa shape index (κ1) is 12.5. The molecule has 2 nitrogen and oxygen atoms in total. The molecule has 0 saturated heterocycles. The second-order valence-corrected chi connectivity index (χ2v) is 3.52. The molecule has 0 heterocycles. The van der Waals surface area contributed by atoms with Crippen molar-refractivity contribution in [3.63, 3.8) is 0 Å². The number of carbonyl (C=O) groups is 1. The third-order valence-corrected chi connectivity index (χ3v) is 2.21. The van der Waals surface area contributed by atoms with Gasteiger partial charge in [-0.2, -0.15) is 13.2 Å². The molecule has 0 amide bonds. The van der Waals surface area contributed by atoms with Crippen LogP contribution in [-0.2, 0) is 11.0 Å². The van der Waals surface area contributed by atoms with Gasteiger partial charge >= 0.3 is 6.18 Å². The van der Waals surface area contributed by atoms with Crippen LogP contribution in [0.2, 0.25) is 0 Å². The minimum atomic E-state index is -4.42. The fourth-order valence-electron chi connectivity index (χ4n) is 1.19. The SMILES string of the molecule is CC(=O)C(C)Nc1ccccc1C(F)(F)F. The molecule has 88 valence electrons. The van der Waals surface area contributed by atoms with Gasteiger partial charge in [0.25, 0.3) is 0 Å². The van der Waals surface area contributed by atoms with Crippen LogP contribution in [0.4, 0.5) is 18.9 Å². The van der Waals surface area contributed by atoms with Crippen molar-refractivity contribution >= 4 is 11.5 Å². The van der Waals surface area contributed by atoms with Gasteiger partial charge < -0.3 is 5.32 Å². The van der Waals surface area contributed by atoms with E-state index in [1.54, 1.807) is 0 Å². The Morgan fingerprint density at radius 2 is 1.88 bits per heavy atom. The highest BCUT2D eigenvalue weighted by molar-refractivity contribution is 5.84. The van der Waals surface area contributed by atoms with Crippen molar-refractivity contribution in [2.75, 3.05) is 5.32 Å². The summed E-state index contributed by atoms with van der Waals surface area (Å²) >= 11 is 0. The summed E-state index contributed by atoms with van der Waals surface area (Å²) in [6.45, 7) is 2.85. The van der Waals surface area contributed by atoms with Gasteiger partial charge in [0, 0.05) is 5.69 Å². The number of alkyl halides is 3. The lowest BCUT2D eigenvalue weighted by Gasteiger charge is -2.17. The minimum absolute atomic E-state index is 0.0716. The van der Waals surface area contributed by atoms with Crippen LogP contribution >= 0.6 is 0 Å². The molecule has 0 spiro atoms. The van der Waals surface area contributed by atoms with Crippen LogP contribution < -0.4 is 5.32 Å². The fourth-order valence-corrected chi connectivity index (χ4v) is 1.19. The zero-order valence-corrected chi connectivity index (χ0v) is 8.93. The molecule has 0 aliphatic heterocycles. The van der Waals surface area contributed by atoms with Gasteiger partial charge in [-0.1, -0.05) is 12.1 Å². The monoisotopic (exact) mass is 231 g/mol. The van der Waals surface area contributed by atoms with Crippen molar-refractivity contribution in [1.82, 2.24) is 0 Å². The molecule has 16 heavy (non-hydrogen) atoms. The van der Waals surface area contributed by atoms with E-state index in [1.165, 1.54) is 32.0 Å². The molecule has 5 heteroatoms. The van der Waals surface area contributed by atoms with Crippen LogP contribution in [0.3, 0.4) is 0 Å². The summed E-state index contributed by atoms with van der Waals surface area (Å²) in [6.07, 6.45) is -4.42. The number of halogens is 3. The second kappa shape index (κ2) is 4.55. The Labute approximate surface area is 91.5 Å². The van der Waals surface area contributed by atoms with Crippen molar-refractivity contribution in [2.45, 2.75) is 26.1 Å². The summed E-state index contributed by atoms with van der Waals surface area (Å²) in [5.74, 6) is -0.211. The molecule has 1 N–H and O–H groups in total. The van der Waals surface area contributed by atoms with E-state index in [0.717, 1.165) is 6.07 Å². The molecular formula is C11H12F3NO. The van der Waals surface area contributed by atoms with Crippen molar-refractivity contribution in [3.8, 4) is 0 Å². The van der Waals surface area contributed by atoms with E-state index in [4.69, 9.17) is 0 Å². The number of hydrogen-bond acceptors (Lipinski definition) is 2. The number of para-hydroxylation sites is 1. The molecular weight excluding hydrogens is 219 g/mol. The zero-order valence-electron chi connectivity index (χ0n) is 8.93. The number of anilines is 1. The largest absolute Gasteiger partial charge is 0.418 e. The molecule has 0 bridgehead atoms. The van der Waals surface area contributed by atoms with Crippen LogP contribution in [0.15, 0.2) is 24.3 Å². The number of rotatable bonds is 3. The highest BCUT2D eigenvalue weighted by Crippen LogP contribution is 2.34. The lowest BCUT2D eigenvalue weighted by molar-refractivity contribution is -0.137. The zero-order chi connectivity index (χ0) is 12.3. The first-order valence-electron chi connectivity index (χ1n) is 4.75. The summed E-state index contributed by atoms with van der Waals surface area (Å²) < 4.78 is 37.7. The van der Waals surface area contributed by atoms with E-state index >= 15 is 0 Å². The smallest absolute Gasteiger partial charge is 0.375 e. The van der Waals surface area contributed by atoms with Crippen LogP contribution in [0, 0.1) is 0 Å². The highest BCUT2D eigenvalue weighted by Gasteiger charge is 2.33. The second-order valence-electron chi connectivity index (χ2n) is 3.52. The number of hydrogen-bond donors (Lipinski definition) is 1. The topological polar surface area (TPSA) is 29.1 Å². The molecule has 1 atom stereocenters. The van der Waals surface area contributed by atoms with E-state index in [2.05, 4.69) is 5.32 Å². The van der Waals surface area contributed by atoms with Gasteiger partial charge in [0.1, 0.15) is 0 Å². The summed E-state index contributed by atoms with van der Waals surface area (Å²) in [6, 6.07) is 4.46. The molecule has 0 fully saturated rings. The first-order chi connectivity index (χ1) is 7.32. The molecule has 1 unspecified atom stereocenters. The van der Waals surface area contributed by atoms with Crippen molar-refractivity contribution in [1.29, 1.82) is 0 Å². The molecule has 0 radical (unpaired) electrons. The van der Waals surface area contributed by atoms with E-state index in [1.807, 2.05) is 0 Å². The van der Waals surface area contributed by atoms with Gasteiger partial charge in [-0.25, -0.2) is 0 Å². The summed E-state index contributed by atoms with van der Waals surface area (Å²) in [4.78, 5) is 11.0. The summed E-state index contributed by atoms with van der Waals surface area (Å²) in [5, 5.41) is 2.55. The summed E-state index contributed by atoms with van der Waals surface area (Å²) in [7, 11) is 0. The summed E-state index contributed by atoms with van der Waals surface area (Å²) in [5.41, 5.74) is -0.833. The number of Topliss-reactive ketones (excluding diaryl/α,β-unsaturated/α-hetero) is 1. The van der Waals surface area contributed by atoms with Crippen LogP contribution in [-0.4, -0.2) is 11.8 Å². The van der Waals surface area contributed by atoms with Gasteiger partial charge in [0.15, 0.2) is 5.78 Å². The number of nitrogens with one attached hydrogen (secondary N) is 1. The number of ketones is 1. The molecule has 0 saturated carbocycles. The maximum Gasteiger partial charge on any atom is 0.418 e. The molecule has 0 aliphatic carbocycles. The Balaban J connectivity index is 3.01. The number of benzene rings is 1. The molecule has 1 aromatic rings. The lowest BCUT2D eigenvalue weighted by Crippen LogP contribution is -2.25. The Bertz CT molecular complexity index is 387. The van der Waals surface area contributed by atoms with Gasteiger partial charge in [-0.15, -0.1) is 0 Å². The number of carbonyl (C=O) groups excluding carboxylic acids is 1. The Kier molecular flexibility index (Phi) is 3.57. The maximum atomic E-state index is 12.6. The third kappa shape index (κ3) is 2.98. The fraction of sp³-hybridized carbons (Fsp3) is 0.364. The third-order valence-electron chi connectivity index (χ3n) is 2.21. The molecule has 0 aliphatic rings. The van der Waals surface area contributed by atoms with Crippen molar-refractivity contribution in [2.24, 2.45) is 0 Å². The lowest BCUT2D eigenvalue weighted by atomic mass is 10.1. The Morgan fingerprint density at radius 3 is 2.38 bits per heavy atom. The maximum absolute atomic E-state index is 12.6. The van der Waals surface area contributed by atoms with E-state index in [-0.39, 0.29) is 11.5 Å². The van der Waals surface area contributed by atoms with Gasteiger partial charge in [-0.3, -0.25) is 4.79 Å². The Morgan fingerprint density at radius 1 is 1.31 bits per heavy atom. The van der Waals surface area contributed by atoms with Gasteiger partial charge in [-0.05, 0) is 26.0 Å². The van der Waals surface area contributed by atoms with E-state index < -0.39 is 17.8 Å². The van der Waals surface area contributed by atoms with Gasteiger partial charge in [0.2, 0.25) is 0 Å². The van der Waals surface area contributed by atoms with Crippen LogP contribution in [0.1, 0.15) is 19.4 Å². The van der Waals surface area contributed by atoms with Crippen LogP contribution in [0.5, 0.6) is 0 Å². The molecule has 1 rings (SSSR count). The predicted octanol–water partition coefficient (Wildman–Crippen LogP) is 3.09. The average Bonchev–Trinajstić information content (AvgIpc) is 2.16.